The summed E-state index contributed by atoms with van der Waals surface area (Å²) in [6, 6.07) is -0.407. The van der Waals surface area contributed by atoms with Gasteiger partial charge < -0.3 is 4.90 Å². The minimum Gasteiger partial charge on any atom is -0.325 e. The molecular formula is C7H7NO3. The van der Waals surface area contributed by atoms with Crippen molar-refractivity contribution < 1.29 is 14.4 Å². The van der Waals surface area contributed by atoms with Crippen LogP contribution in [0.25, 0.3) is 0 Å². The fourth-order valence-electron chi connectivity index (χ4n) is 1.67. The first-order valence-electron chi connectivity index (χ1n) is 3.61. The molecule has 58 valence electrons. The Kier molecular flexibility index (Phi) is 1.13. The van der Waals surface area contributed by atoms with Gasteiger partial charge in [0.05, 0.1) is 6.04 Å². The zero-order valence-electron chi connectivity index (χ0n) is 5.87. The van der Waals surface area contributed by atoms with Crippen molar-refractivity contribution in [3.8, 4) is 0 Å². The maximum absolute atomic E-state index is 11.0. The van der Waals surface area contributed by atoms with Crippen molar-refractivity contribution in [2.75, 3.05) is 6.54 Å². The second-order valence-electron chi connectivity index (χ2n) is 2.85. The molecule has 2 heterocycles. The van der Waals surface area contributed by atoms with Crippen LogP contribution in [0.4, 0.5) is 0 Å². The molecule has 0 aromatic rings. The van der Waals surface area contributed by atoms with Crippen molar-refractivity contribution in [3.05, 3.63) is 0 Å². The number of rotatable bonds is 0. The standard InChI is InChI=1S/C7H7NO3/c9-5-4-2-1-3-8(4)7(11)6(5)10/h4H,1-3H2/t4-/m0/s1. The topological polar surface area (TPSA) is 54.5 Å². The predicted molar refractivity (Wildman–Crippen MR) is 34.7 cm³/mol. The van der Waals surface area contributed by atoms with E-state index >= 15 is 0 Å². The van der Waals surface area contributed by atoms with Gasteiger partial charge in [0.1, 0.15) is 0 Å². The molecule has 11 heavy (non-hydrogen) atoms. The first kappa shape index (κ1) is 6.52. The molecule has 2 rings (SSSR count). The molecule has 0 radical (unpaired) electrons. The lowest BCUT2D eigenvalue weighted by Gasteiger charge is -2.10. The summed E-state index contributed by atoms with van der Waals surface area (Å²) < 4.78 is 0. The molecule has 1 amide bonds. The van der Waals surface area contributed by atoms with E-state index in [1.54, 1.807) is 0 Å². The molecule has 0 bridgehead atoms. The van der Waals surface area contributed by atoms with Gasteiger partial charge in [0.2, 0.25) is 5.78 Å². The van der Waals surface area contributed by atoms with E-state index in [0.717, 1.165) is 6.42 Å². The Morgan fingerprint density at radius 3 is 2.64 bits per heavy atom. The Balaban J connectivity index is 2.38. The molecule has 4 heteroatoms. The molecule has 2 aliphatic heterocycles. The molecule has 1 atom stereocenters. The van der Waals surface area contributed by atoms with Gasteiger partial charge in [-0.1, -0.05) is 0 Å². The van der Waals surface area contributed by atoms with Crippen molar-refractivity contribution in [3.63, 3.8) is 0 Å². The van der Waals surface area contributed by atoms with E-state index < -0.39 is 23.5 Å². The fourth-order valence-corrected chi connectivity index (χ4v) is 1.67. The third kappa shape index (κ3) is 0.664. The second-order valence-corrected chi connectivity index (χ2v) is 2.85. The summed E-state index contributed by atoms with van der Waals surface area (Å²) in [6.07, 6.45) is 1.51. The summed E-state index contributed by atoms with van der Waals surface area (Å²) >= 11 is 0. The van der Waals surface area contributed by atoms with Gasteiger partial charge in [-0.2, -0.15) is 0 Å². The van der Waals surface area contributed by atoms with Gasteiger partial charge in [0, 0.05) is 6.54 Å². The van der Waals surface area contributed by atoms with E-state index in [9.17, 15) is 14.4 Å². The summed E-state index contributed by atoms with van der Waals surface area (Å²) in [5, 5.41) is 0. The lowest BCUT2D eigenvalue weighted by molar-refractivity contribution is -0.142. The smallest absolute Gasteiger partial charge is 0.298 e. The molecule has 0 unspecified atom stereocenters. The number of fused-ring (bicyclic) bond motifs is 1. The third-order valence-corrected chi connectivity index (χ3v) is 2.23. The Morgan fingerprint density at radius 2 is 2.00 bits per heavy atom. The first-order chi connectivity index (χ1) is 5.22. The van der Waals surface area contributed by atoms with Gasteiger partial charge in [-0.3, -0.25) is 14.4 Å². The normalized spacial score (nSPS) is 30.0. The molecule has 2 fully saturated rings. The minimum absolute atomic E-state index is 0.407. The monoisotopic (exact) mass is 153 g/mol. The highest BCUT2D eigenvalue weighted by Gasteiger charge is 2.48. The van der Waals surface area contributed by atoms with Crippen LogP contribution in [0.15, 0.2) is 0 Å². The van der Waals surface area contributed by atoms with Crippen LogP contribution in [-0.4, -0.2) is 35.0 Å². The highest BCUT2D eigenvalue weighted by atomic mass is 16.2. The number of carbonyl (C=O) groups excluding carboxylic acids is 3. The van der Waals surface area contributed by atoms with Crippen molar-refractivity contribution in [1.29, 1.82) is 0 Å². The number of ketones is 2. The minimum atomic E-state index is -0.824. The fraction of sp³-hybridized carbons (Fsp3) is 0.571. The number of amides is 1. The summed E-state index contributed by atoms with van der Waals surface area (Å²) in [4.78, 5) is 34.1. The summed E-state index contributed by atoms with van der Waals surface area (Å²) in [7, 11) is 0. The van der Waals surface area contributed by atoms with Crippen molar-refractivity contribution >= 4 is 17.5 Å². The van der Waals surface area contributed by atoms with Crippen molar-refractivity contribution in [2.45, 2.75) is 18.9 Å². The third-order valence-electron chi connectivity index (χ3n) is 2.23. The van der Waals surface area contributed by atoms with E-state index in [-0.39, 0.29) is 0 Å². The van der Waals surface area contributed by atoms with Crippen LogP contribution in [0.2, 0.25) is 0 Å². The second kappa shape index (κ2) is 1.90. The maximum atomic E-state index is 11.0. The van der Waals surface area contributed by atoms with E-state index in [1.165, 1.54) is 4.90 Å². The molecule has 0 aliphatic carbocycles. The summed E-state index contributed by atoms with van der Waals surface area (Å²) in [6.45, 7) is 0.570. The van der Waals surface area contributed by atoms with Gasteiger partial charge in [-0.05, 0) is 12.8 Å². The van der Waals surface area contributed by atoms with Gasteiger partial charge in [0.15, 0.2) is 0 Å². The maximum Gasteiger partial charge on any atom is 0.298 e. The van der Waals surface area contributed by atoms with E-state index in [1.807, 2.05) is 0 Å². The highest BCUT2D eigenvalue weighted by molar-refractivity contribution is 6.67. The van der Waals surface area contributed by atoms with Crippen molar-refractivity contribution in [1.82, 2.24) is 4.90 Å². The Bertz CT molecular complexity index is 234. The Morgan fingerprint density at radius 1 is 1.27 bits per heavy atom. The molecule has 0 aromatic carbocycles. The lowest BCUT2D eigenvalue weighted by Crippen LogP contribution is -2.29. The number of hydrogen-bond donors (Lipinski definition) is 0. The Labute approximate surface area is 63.2 Å². The molecule has 0 aromatic heterocycles. The van der Waals surface area contributed by atoms with Crippen LogP contribution in [0.1, 0.15) is 12.8 Å². The van der Waals surface area contributed by atoms with Crippen LogP contribution in [0.5, 0.6) is 0 Å². The zero-order chi connectivity index (χ0) is 8.01. The van der Waals surface area contributed by atoms with E-state index in [2.05, 4.69) is 0 Å². The van der Waals surface area contributed by atoms with Gasteiger partial charge in [0.25, 0.3) is 11.7 Å². The van der Waals surface area contributed by atoms with Crippen molar-refractivity contribution in [2.24, 2.45) is 0 Å². The largest absolute Gasteiger partial charge is 0.325 e. The van der Waals surface area contributed by atoms with Gasteiger partial charge in [-0.25, -0.2) is 0 Å². The lowest BCUT2D eigenvalue weighted by atomic mass is 10.1. The quantitative estimate of drug-likeness (QED) is 0.425. The molecule has 2 saturated heterocycles. The number of nitrogens with zero attached hydrogens (tertiary/aromatic N) is 1. The van der Waals surface area contributed by atoms with Crippen LogP contribution in [0, 0.1) is 0 Å². The van der Waals surface area contributed by atoms with E-state index in [4.69, 9.17) is 0 Å². The average molecular weight is 153 g/mol. The van der Waals surface area contributed by atoms with Crippen LogP contribution in [0.3, 0.4) is 0 Å². The summed E-state index contributed by atoms with van der Waals surface area (Å²) in [5.74, 6) is -1.93. The van der Waals surface area contributed by atoms with Crippen LogP contribution >= 0.6 is 0 Å². The van der Waals surface area contributed by atoms with E-state index in [0.29, 0.717) is 13.0 Å². The number of hydrogen-bond acceptors (Lipinski definition) is 3. The Hall–Kier alpha value is -1.19. The average Bonchev–Trinajstić information content (AvgIpc) is 2.53. The van der Waals surface area contributed by atoms with Crippen LogP contribution < -0.4 is 0 Å². The zero-order valence-corrected chi connectivity index (χ0v) is 5.87. The number of carbonyl (C=O) groups is 3. The molecule has 4 nitrogen and oxygen atoms in total. The SMILES string of the molecule is O=C1C(=O)[C@@H]2CCCN2C1=O. The molecule has 0 spiro atoms. The molecule has 2 aliphatic rings. The summed E-state index contributed by atoms with van der Waals surface area (Å²) in [5.41, 5.74) is 0. The first-order valence-corrected chi connectivity index (χ1v) is 3.61. The molecule has 0 saturated carbocycles. The number of Topliss-reactive ketones (excluding diaryl/α,β-unsaturated/α-hetero) is 2. The van der Waals surface area contributed by atoms with Gasteiger partial charge in [-0.15, -0.1) is 0 Å². The van der Waals surface area contributed by atoms with Gasteiger partial charge >= 0.3 is 0 Å². The highest BCUT2D eigenvalue weighted by Crippen LogP contribution is 2.23. The molecular weight excluding hydrogens is 146 g/mol. The molecule has 0 N–H and O–H groups in total. The predicted octanol–water partition coefficient (Wildman–Crippen LogP) is -0.871. The van der Waals surface area contributed by atoms with Crippen LogP contribution in [-0.2, 0) is 14.4 Å².